The smallest absolute Gasteiger partial charge is 0.252 e. The molecule has 1 aromatic rings. The van der Waals surface area contributed by atoms with Crippen LogP contribution in [0.25, 0.3) is 0 Å². The molecule has 0 radical (unpaired) electrons. The van der Waals surface area contributed by atoms with Gasteiger partial charge in [0.05, 0.1) is 12.2 Å². The van der Waals surface area contributed by atoms with Gasteiger partial charge in [0, 0.05) is 32.4 Å². The first-order valence-electron chi connectivity index (χ1n) is 6.23. The topological polar surface area (TPSA) is 94.5 Å². The summed E-state index contributed by atoms with van der Waals surface area (Å²) in [7, 11) is 1.63. The number of pyridine rings is 1. The highest BCUT2D eigenvalue weighted by atomic mass is 16.5. The molecule has 0 saturated carbocycles. The Morgan fingerprint density at radius 3 is 2.63 bits per heavy atom. The third-order valence-corrected chi connectivity index (χ3v) is 2.84. The first-order valence-corrected chi connectivity index (χ1v) is 6.23. The minimum Gasteiger partial charge on any atom is -0.383 e. The number of carbonyl (C=O) groups is 1. The minimum atomic E-state index is -0.473. The molecule has 1 amide bonds. The fourth-order valence-corrected chi connectivity index (χ4v) is 2.03. The lowest BCUT2D eigenvalue weighted by Gasteiger charge is -2.25. The van der Waals surface area contributed by atoms with Crippen LogP contribution in [-0.2, 0) is 4.74 Å². The zero-order valence-corrected chi connectivity index (χ0v) is 11.8. The van der Waals surface area contributed by atoms with Gasteiger partial charge in [-0.3, -0.25) is 4.79 Å². The molecule has 1 aromatic heterocycles. The lowest BCUT2D eigenvalue weighted by Crippen LogP contribution is -2.35. The fourth-order valence-electron chi connectivity index (χ4n) is 2.03. The quantitative estimate of drug-likeness (QED) is 0.735. The number of rotatable bonds is 7. The second-order valence-electron chi connectivity index (χ2n) is 4.41. The van der Waals surface area contributed by atoms with Gasteiger partial charge < -0.3 is 21.1 Å². The Morgan fingerprint density at radius 1 is 1.42 bits per heavy atom. The van der Waals surface area contributed by atoms with E-state index in [1.165, 1.54) is 0 Å². The van der Waals surface area contributed by atoms with Crippen molar-refractivity contribution in [2.75, 3.05) is 38.3 Å². The average molecular weight is 266 g/mol. The van der Waals surface area contributed by atoms with Gasteiger partial charge in [0.15, 0.2) is 0 Å². The summed E-state index contributed by atoms with van der Waals surface area (Å²) in [5.41, 5.74) is 13.2. The monoisotopic (exact) mass is 266 g/mol. The summed E-state index contributed by atoms with van der Waals surface area (Å²) in [5, 5.41) is 0. The van der Waals surface area contributed by atoms with Crippen molar-refractivity contribution in [1.82, 2.24) is 4.98 Å². The first kappa shape index (κ1) is 15.4. The van der Waals surface area contributed by atoms with E-state index in [2.05, 4.69) is 4.98 Å². The van der Waals surface area contributed by atoms with E-state index in [1.54, 1.807) is 7.11 Å². The van der Waals surface area contributed by atoms with E-state index >= 15 is 0 Å². The van der Waals surface area contributed by atoms with Gasteiger partial charge in [0.1, 0.15) is 5.82 Å². The molecule has 0 aromatic carbocycles. The van der Waals surface area contributed by atoms with Crippen LogP contribution in [0.1, 0.15) is 21.6 Å². The third kappa shape index (κ3) is 3.90. The van der Waals surface area contributed by atoms with Gasteiger partial charge in [-0.15, -0.1) is 0 Å². The molecular weight excluding hydrogens is 244 g/mol. The van der Waals surface area contributed by atoms with Gasteiger partial charge >= 0.3 is 0 Å². The molecule has 0 saturated heterocycles. The summed E-state index contributed by atoms with van der Waals surface area (Å²) in [4.78, 5) is 18.0. The molecule has 4 N–H and O–H groups in total. The van der Waals surface area contributed by atoms with Crippen molar-refractivity contribution in [3.8, 4) is 0 Å². The highest BCUT2D eigenvalue weighted by Gasteiger charge is 2.19. The second-order valence-corrected chi connectivity index (χ2v) is 4.41. The molecule has 0 unspecified atom stereocenters. The Kier molecular flexibility index (Phi) is 5.72. The van der Waals surface area contributed by atoms with Gasteiger partial charge in [-0.2, -0.15) is 0 Å². The lowest BCUT2D eigenvalue weighted by molar-refractivity contribution is 0.0999. The molecule has 19 heavy (non-hydrogen) atoms. The molecule has 0 bridgehead atoms. The predicted molar refractivity (Wildman–Crippen MR) is 75.4 cm³/mol. The second kappa shape index (κ2) is 7.06. The molecule has 0 aliphatic rings. The van der Waals surface area contributed by atoms with Crippen molar-refractivity contribution in [3.05, 3.63) is 22.9 Å². The van der Waals surface area contributed by atoms with Crippen LogP contribution < -0.4 is 16.4 Å². The predicted octanol–water partition coefficient (Wildman–Crippen LogP) is 0.209. The van der Waals surface area contributed by atoms with E-state index in [9.17, 15) is 4.79 Å². The van der Waals surface area contributed by atoms with Crippen LogP contribution in [0.4, 0.5) is 5.82 Å². The van der Waals surface area contributed by atoms with Gasteiger partial charge in [-0.1, -0.05) is 0 Å². The number of nitrogens with two attached hydrogens (primary N) is 2. The number of anilines is 1. The van der Waals surface area contributed by atoms with Crippen LogP contribution in [0.5, 0.6) is 0 Å². The number of primary amides is 1. The van der Waals surface area contributed by atoms with Gasteiger partial charge in [-0.25, -0.2) is 4.98 Å². The molecule has 0 aliphatic carbocycles. The molecule has 0 fully saturated rings. The number of methoxy groups -OCH3 is 1. The molecule has 6 nitrogen and oxygen atoms in total. The molecule has 0 aliphatic heterocycles. The zero-order chi connectivity index (χ0) is 14.4. The van der Waals surface area contributed by atoms with Crippen molar-refractivity contribution in [3.63, 3.8) is 0 Å². The van der Waals surface area contributed by atoms with Crippen molar-refractivity contribution < 1.29 is 9.53 Å². The number of ether oxygens (including phenoxy) is 1. The first-order chi connectivity index (χ1) is 9.01. The summed E-state index contributed by atoms with van der Waals surface area (Å²) in [6.45, 7) is 5.96. The molecule has 106 valence electrons. The van der Waals surface area contributed by atoms with Crippen LogP contribution in [0.2, 0.25) is 0 Å². The Balaban J connectivity index is 3.22. The van der Waals surface area contributed by atoms with Crippen LogP contribution in [0, 0.1) is 13.8 Å². The van der Waals surface area contributed by atoms with Crippen molar-refractivity contribution in [2.24, 2.45) is 11.5 Å². The lowest BCUT2D eigenvalue weighted by atomic mass is 10.1. The van der Waals surface area contributed by atoms with E-state index in [1.807, 2.05) is 24.8 Å². The Bertz CT molecular complexity index is 449. The number of aromatic nitrogens is 1. The fraction of sp³-hybridized carbons (Fsp3) is 0.538. The van der Waals surface area contributed by atoms with Gasteiger partial charge in [0.2, 0.25) is 0 Å². The normalized spacial score (nSPS) is 10.5. The Labute approximate surface area is 113 Å². The number of aryl methyl sites for hydroxylation is 2. The standard InChI is InChI=1S/C13H22N4O2/c1-9-8-10(2)16-13(11(9)12(15)18)17(5-4-14)6-7-19-3/h8H,4-7,14H2,1-3H3,(H2,15,18). The highest BCUT2D eigenvalue weighted by Crippen LogP contribution is 2.22. The largest absolute Gasteiger partial charge is 0.383 e. The molecular formula is C13H22N4O2. The summed E-state index contributed by atoms with van der Waals surface area (Å²) < 4.78 is 5.07. The van der Waals surface area contributed by atoms with Gasteiger partial charge in [-0.05, 0) is 25.5 Å². The van der Waals surface area contributed by atoms with Gasteiger partial charge in [0.25, 0.3) is 5.91 Å². The summed E-state index contributed by atoms with van der Waals surface area (Å²) >= 11 is 0. The third-order valence-electron chi connectivity index (χ3n) is 2.84. The maximum absolute atomic E-state index is 11.6. The van der Waals surface area contributed by atoms with Crippen molar-refractivity contribution in [1.29, 1.82) is 0 Å². The number of nitrogens with zero attached hydrogens (tertiary/aromatic N) is 2. The van der Waals surface area contributed by atoms with E-state index < -0.39 is 5.91 Å². The van der Waals surface area contributed by atoms with Crippen LogP contribution in [0.15, 0.2) is 6.07 Å². The molecule has 6 heteroatoms. The zero-order valence-electron chi connectivity index (χ0n) is 11.8. The number of hydrogen-bond donors (Lipinski definition) is 2. The van der Waals surface area contributed by atoms with E-state index in [4.69, 9.17) is 16.2 Å². The van der Waals surface area contributed by atoms with Crippen LogP contribution >= 0.6 is 0 Å². The minimum absolute atomic E-state index is 0.454. The van der Waals surface area contributed by atoms with E-state index in [-0.39, 0.29) is 0 Å². The number of amides is 1. The summed E-state index contributed by atoms with van der Waals surface area (Å²) in [5.74, 6) is 0.118. The SMILES string of the molecule is COCCN(CCN)c1nc(C)cc(C)c1C(N)=O. The highest BCUT2D eigenvalue weighted by molar-refractivity contribution is 5.99. The maximum atomic E-state index is 11.6. The molecule has 0 atom stereocenters. The van der Waals surface area contributed by atoms with Crippen molar-refractivity contribution in [2.45, 2.75) is 13.8 Å². The number of hydrogen-bond acceptors (Lipinski definition) is 5. The molecule has 0 spiro atoms. The van der Waals surface area contributed by atoms with Crippen molar-refractivity contribution >= 4 is 11.7 Å². The van der Waals surface area contributed by atoms with Crippen LogP contribution in [-0.4, -0.2) is 44.2 Å². The maximum Gasteiger partial charge on any atom is 0.252 e. The summed E-state index contributed by atoms with van der Waals surface area (Å²) in [6, 6.07) is 1.85. The van der Waals surface area contributed by atoms with E-state index in [0.29, 0.717) is 37.6 Å². The number of carbonyl (C=O) groups excluding carboxylic acids is 1. The Hall–Kier alpha value is -1.66. The molecule has 1 rings (SSSR count). The summed E-state index contributed by atoms with van der Waals surface area (Å²) in [6.07, 6.45) is 0. The Morgan fingerprint density at radius 2 is 2.11 bits per heavy atom. The molecule has 1 heterocycles. The van der Waals surface area contributed by atoms with Crippen LogP contribution in [0.3, 0.4) is 0 Å². The average Bonchev–Trinajstić information content (AvgIpc) is 2.32. The van der Waals surface area contributed by atoms with E-state index in [0.717, 1.165) is 11.3 Å².